The minimum atomic E-state index is -4.26. The lowest BCUT2D eigenvalue weighted by Gasteiger charge is -2.24. The summed E-state index contributed by atoms with van der Waals surface area (Å²) in [6.45, 7) is 5.83. The SMILES string of the molecule is CCN(Cc1ccccc1)c1ccc(N=Nc2nc3ccc(S(=O)(=O)O)cc3s2)c(C)c1. The summed E-state index contributed by atoms with van der Waals surface area (Å²) in [5, 5.41) is 8.99. The summed E-state index contributed by atoms with van der Waals surface area (Å²) in [5.74, 6) is 0. The van der Waals surface area contributed by atoms with Gasteiger partial charge in [0.15, 0.2) is 0 Å². The predicted molar refractivity (Wildman–Crippen MR) is 128 cm³/mol. The molecule has 0 fully saturated rings. The second kappa shape index (κ2) is 9.15. The van der Waals surface area contributed by atoms with Crippen LogP contribution < -0.4 is 4.90 Å². The molecule has 4 aromatic rings. The number of hydrogen-bond donors (Lipinski definition) is 1. The van der Waals surface area contributed by atoms with Crippen LogP contribution in [0.2, 0.25) is 0 Å². The third-order valence-corrected chi connectivity index (χ3v) is 6.79. The highest BCUT2D eigenvalue weighted by molar-refractivity contribution is 7.85. The summed E-state index contributed by atoms with van der Waals surface area (Å²) in [5.41, 5.74) is 4.70. The smallest absolute Gasteiger partial charge is 0.294 e. The van der Waals surface area contributed by atoms with Gasteiger partial charge in [0.25, 0.3) is 10.1 Å². The second-order valence-electron chi connectivity index (χ2n) is 7.27. The summed E-state index contributed by atoms with van der Waals surface area (Å²) in [4.78, 5) is 6.49. The van der Waals surface area contributed by atoms with Crippen LogP contribution in [0.4, 0.5) is 16.5 Å². The van der Waals surface area contributed by atoms with Crippen molar-refractivity contribution < 1.29 is 13.0 Å². The van der Waals surface area contributed by atoms with E-state index in [9.17, 15) is 13.0 Å². The van der Waals surface area contributed by atoms with Crippen LogP contribution in [-0.2, 0) is 16.7 Å². The molecule has 1 heterocycles. The van der Waals surface area contributed by atoms with E-state index < -0.39 is 10.1 Å². The zero-order chi connectivity index (χ0) is 22.7. The molecule has 0 aliphatic heterocycles. The van der Waals surface area contributed by atoms with Gasteiger partial charge >= 0.3 is 0 Å². The Morgan fingerprint density at radius 3 is 2.50 bits per heavy atom. The lowest BCUT2D eigenvalue weighted by atomic mass is 10.1. The second-order valence-corrected chi connectivity index (χ2v) is 9.70. The summed E-state index contributed by atoms with van der Waals surface area (Å²) in [7, 11) is -4.26. The molecule has 3 aromatic carbocycles. The van der Waals surface area contributed by atoms with Crippen LogP contribution in [0.25, 0.3) is 10.2 Å². The molecular weight excluding hydrogens is 444 g/mol. The molecule has 4 rings (SSSR count). The molecule has 1 N–H and O–H groups in total. The largest absolute Gasteiger partial charge is 0.367 e. The number of rotatable bonds is 7. The number of hydrogen-bond acceptors (Lipinski definition) is 7. The first kappa shape index (κ1) is 22.1. The molecular formula is C23H22N4O3S2. The minimum Gasteiger partial charge on any atom is -0.367 e. The van der Waals surface area contributed by atoms with E-state index in [0.717, 1.165) is 30.0 Å². The van der Waals surface area contributed by atoms with Crippen molar-refractivity contribution in [3.8, 4) is 0 Å². The van der Waals surface area contributed by atoms with Crippen LogP contribution in [0.1, 0.15) is 18.1 Å². The number of nitrogens with zero attached hydrogens (tertiary/aromatic N) is 4. The zero-order valence-corrected chi connectivity index (χ0v) is 19.3. The molecule has 9 heteroatoms. The average Bonchev–Trinajstić information content (AvgIpc) is 3.19. The molecule has 1 aromatic heterocycles. The number of fused-ring (bicyclic) bond motifs is 1. The maximum atomic E-state index is 11.3. The quantitative estimate of drug-likeness (QED) is 0.255. The van der Waals surface area contributed by atoms with Gasteiger partial charge in [-0.25, -0.2) is 4.98 Å². The summed E-state index contributed by atoms with van der Waals surface area (Å²) in [6.07, 6.45) is 0. The minimum absolute atomic E-state index is 0.167. The average molecular weight is 467 g/mol. The number of thiazole rings is 1. The Labute approximate surface area is 190 Å². The summed E-state index contributed by atoms with van der Waals surface area (Å²) in [6, 6.07) is 20.6. The first-order chi connectivity index (χ1) is 15.3. The molecule has 0 spiro atoms. The Morgan fingerprint density at radius 2 is 1.81 bits per heavy atom. The molecule has 0 aliphatic carbocycles. The maximum absolute atomic E-state index is 11.3. The van der Waals surface area contributed by atoms with Gasteiger partial charge in [-0.1, -0.05) is 41.7 Å². The first-order valence-electron chi connectivity index (χ1n) is 10.0. The number of aryl methyl sites for hydroxylation is 1. The summed E-state index contributed by atoms with van der Waals surface area (Å²) < 4.78 is 32.5. The van der Waals surface area contributed by atoms with Gasteiger partial charge in [-0.2, -0.15) is 8.42 Å². The molecule has 0 unspecified atom stereocenters. The van der Waals surface area contributed by atoms with Crippen molar-refractivity contribution in [2.24, 2.45) is 10.2 Å². The van der Waals surface area contributed by atoms with Crippen molar-refractivity contribution >= 4 is 48.2 Å². The van der Waals surface area contributed by atoms with Gasteiger partial charge in [0, 0.05) is 18.8 Å². The molecule has 0 saturated heterocycles. The standard InChI is InChI=1S/C23H22N4O3S2/c1-3-27(15-17-7-5-4-6-8-17)18-9-11-20(16(2)13-18)25-26-23-24-21-12-10-19(32(28,29)30)14-22(21)31-23/h4-14H,3,15H2,1-2H3,(H,28,29,30). The van der Waals surface area contributed by atoms with E-state index in [4.69, 9.17) is 0 Å². The van der Waals surface area contributed by atoms with E-state index in [1.165, 1.54) is 29.0 Å². The van der Waals surface area contributed by atoms with Crippen LogP contribution in [0.5, 0.6) is 0 Å². The topological polar surface area (TPSA) is 95.2 Å². The molecule has 0 amide bonds. The van der Waals surface area contributed by atoms with Gasteiger partial charge in [-0.15, -0.1) is 10.2 Å². The number of azo groups is 1. The molecule has 0 aliphatic rings. The van der Waals surface area contributed by atoms with Gasteiger partial charge < -0.3 is 4.90 Å². The fourth-order valence-corrected chi connectivity index (χ4v) is 4.74. The maximum Gasteiger partial charge on any atom is 0.294 e. The van der Waals surface area contributed by atoms with Gasteiger partial charge in [-0.05, 0) is 61.4 Å². The monoisotopic (exact) mass is 466 g/mol. The third-order valence-electron chi connectivity index (χ3n) is 5.03. The van der Waals surface area contributed by atoms with E-state index in [1.54, 1.807) is 6.07 Å². The van der Waals surface area contributed by atoms with Crippen molar-refractivity contribution in [2.45, 2.75) is 25.3 Å². The predicted octanol–water partition coefficient (Wildman–Crippen LogP) is 6.29. The number of aromatic nitrogens is 1. The molecule has 32 heavy (non-hydrogen) atoms. The van der Waals surface area contributed by atoms with Crippen molar-refractivity contribution in [1.82, 2.24) is 4.98 Å². The Morgan fingerprint density at radius 1 is 1.03 bits per heavy atom. The van der Waals surface area contributed by atoms with Crippen LogP contribution in [0.3, 0.4) is 0 Å². The van der Waals surface area contributed by atoms with E-state index in [2.05, 4.69) is 45.2 Å². The molecule has 0 bridgehead atoms. The molecule has 0 saturated carbocycles. The molecule has 164 valence electrons. The van der Waals surface area contributed by atoms with E-state index in [1.807, 2.05) is 37.3 Å². The first-order valence-corrected chi connectivity index (χ1v) is 12.3. The van der Waals surface area contributed by atoms with Gasteiger partial charge in [0.05, 0.1) is 20.8 Å². The van der Waals surface area contributed by atoms with Crippen molar-refractivity contribution in [1.29, 1.82) is 0 Å². The fraction of sp³-hybridized carbons (Fsp3) is 0.174. The number of benzene rings is 3. The molecule has 0 atom stereocenters. The molecule has 7 nitrogen and oxygen atoms in total. The third kappa shape index (κ3) is 5.01. The van der Waals surface area contributed by atoms with Gasteiger partial charge in [-0.3, -0.25) is 4.55 Å². The highest BCUT2D eigenvalue weighted by atomic mass is 32.2. The van der Waals surface area contributed by atoms with Crippen LogP contribution >= 0.6 is 11.3 Å². The van der Waals surface area contributed by atoms with Crippen molar-refractivity contribution in [2.75, 3.05) is 11.4 Å². The Bertz CT molecular complexity index is 1380. The Balaban J connectivity index is 1.54. The van der Waals surface area contributed by atoms with Crippen LogP contribution in [0, 0.1) is 6.92 Å². The van der Waals surface area contributed by atoms with E-state index in [0.29, 0.717) is 15.3 Å². The van der Waals surface area contributed by atoms with Crippen molar-refractivity contribution in [3.63, 3.8) is 0 Å². The highest BCUT2D eigenvalue weighted by Gasteiger charge is 2.12. The lowest BCUT2D eigenvalue weighted by Crippen LogP contribution is -2.21. The fourth-order valence-electron chi connectivity index (χ4n) is 3.33. The van der Waals surface area contributed by atoms with Crippen LogP contribution in [0.15, 0.2) is 81.9 Å². The normalized spacial score (nSPS) is 12.0. The lowest BCUT2D eigenvalue weighted by molar-refractivity contribution is 0.483. The van der Waals surface area contributed by atoms with Crippen molar-refractivity contribution in [3.05, 3.63) is 77.9 Å². The zero-order valence-electron chi connectivity index (χ0n) is 17.6. The number of anilines is 1. The van der Waals surface area contributed by atoms with Crippen LogP contribution in [-0.4, -0.2) is 24.5 Å². The van der Waals surface area contributed by atoms with Gasteiger partial charge in [0.1, 0.15) is 0 Å². The van der Waals surface area contributed by atoms with E-state index in [-0.39, 0.29) is 4.90 Å². The highest BCUT2D eigenvalue weighted by Crippen LogP contribution is 2.32. The van der Waals surface area contributed by atoms with E-state index >= 15 is 0 Å². The Kier molecular flexibility index (Phi) is 6.31. The molecule has 0 radical (unpaired) electrons. The van der Waals surface area contributed by atoms with Gasteiger partial charge in [0.2, 0.25) is 5.13 Å². The summed E-state index contributed by atoms with van der Waals surface area (Å²) >= 11 is 1.21. The Hall–Kier alpha value is -3.14.